The molecule has 176 valence electrons. The molecule has 0 radical (unpaired) electrons. The molecular formula is C21H20O12. The van der Waals surface area contributed by atoms with Crippen molar-refractivity contribution in [3.05, 3.63) is 34.5 Å². The lowest BCUT2D eigenvalue weighted by Gasteiger charge is -2.38. The number of aromatic hydroxyl groups is 5. The normalized spacial score (nSPS) is 25.3. The summed E-state index contributed by atoms with van der Waals surface area (Å²) in [5.74, 6) is -4.52. The molecular weight excluding hydrogens is 444 g/mol. The Kier molecular flexibility index (Phi) is 5.46. The zero-order valence-corrected chi connectivity index (χ0v) is 16.9. The first-order valence-electron chi connectivity index (χ1n) is 9.64. The lowest BCUT2D eigenvalue weighted by Crippen LogP contribution is -2.58. The molecule has 0 amide bonds. The number of aliphatic hydroxyl groups excluding tert-OH is 3. The van der Waals surface area contributed by atoms with Gasteiger partial charge in [-0.2, -0.15) is 0 Å². The Bertz CT molecular complexity index is 1280. The van der Waals surface area contributed by atoms with Crippen LogP contribution in [0, 0.1) is 0 Å². The summed E-state index contributed by atoms with van der Waals surface area (Å²) >= 11 is 0. The zero-order valence-electron chi connectivity index (χ0n) is 16.9. The van der Waals surface area contributed by atoms with Crippen LogP contribution in [0.4, 0.5) is 0 Å². The molecule has 12 nitrogen and oxygen atoms in total. The van der Waals surface area contributed by atoms with Gasteiger partial charge in [-0.05, 0) is 19.1 Å². The van der Waals surface area contributed by atoms with E-state index in [2.05, 4.69) is 0 Å². The summed E-state index contributed by atoms with van der Waals surface area (Å²) in [7, 11) is 0. The third-order valence-electron chi connectivity index (χ3n) is 5.30. The van der Waals surface area contributed by atoms with E-state index in [1.54, 1.807) is 0 Å². The number of hydrogen-bond acceptors (Lipinski definition) is 12. The molecule has 0 unspecified atom stereocenters. The average molecular weight is 464 g/mol. The molecule has 1 aliphatic heterocycles. The van der Waals surface area contributed by atoms with Gasteiger partial charge in [0.25, 0.3) is 0 Å². The Labute approximate surface area is 184 Å². The first-order chi connectivity index (χ1) is 15.5. The van der Waals surface area contributed by atoms with Gasteiger partial charge in [0.1, 0.15) is 40.8 Å². The lowest BCUT2D eigenvalue weighted by atomic mass is 10.00. The quantitative estimate of drug-likeness (QED) is 0.244. The van der Waals surface area contributed by atoms with E-state index in [-0.39, 0.29) is 11.1 Å². The summed E-state index contributed by atoms with van der Waals surface area (Å²) < 4.78 is 16.1. The van der Waals surface area contributed by atoms with Gasteiger partial charge in [0.2, 0.25) is 23.2 Å². The van der Waals surface area contributed by atoms with Crippen molar-refractivity contribution in [2.75, 3.05) is 0 Å². The zero-order chi connectivity index (χ0) is 24.2. The fourth-order valence-corrected chi connectivity index (χ4v) is 3.52. The molecule has 12 heteroatoms. The molecule has 2 aromatic carbocycles. The van der Waals surface area contributed by atoms with Crippen LogP contribution in [0.3, 0.4) is 0 Å². The topological polar surface area (TPSA) is 211 Å². The van der Waals surface area contributed by atoms with Gasteiger partial charge in [-0.15, -0.1) is 0 Å². The number of phenols is 4. The van der Waals surface area contributed by atoms with Crippen molar-refractivity contribution < 1.29 is 54.7 Å². The monoisotopic (exact) mass is 464 g/mol. The molecule has 0 bridgehead atoms. The summed E-state index contributed by atoms with van der Waals surface area (Å²) in [6.45, 7) is 1.41. The van der Waals surface area contributed by atoms with Crippen LogP contribution in [0.15, 0.2) is 33.5 Å². The lowest BCUT2D eigenvalue weighted by molar-refractivity contribution is -0.268. The molecule has 1 aliphatic rings. The Morgan fingerprint density at radius 1 is 0.848 bits per heavy atom. The van der Waals surface area contributed by atoms with Crippen molar-refractivity contribution in [3.8, 4) is 45.8 Å². The number of benzene rings is 2. The van der Waals surface area contributed by atoms with Crippen molar-refractivity contribution in [3.63, 3.8) is 0 Å². The van der Waals surface area contributed by atoms with Gasteiger partial charge < -0.3 is 54.7 Å². The molecule has 1 aromatic heterocycles. The van der Waals surface area contributed by atoms with Gasteiger partial charge in [0, 0.05) is 17.7 Å². The molecule has 5 atom stereocenters. The first kappa shape index (κ1) is 22.5. The number of hydrogen-bond donors (Lipinski definition) is 8. The highest BCUT2D eigenvalue weighted by Crippen LogP contribution is 2.43. The number of ether oxygens (including phenoxy) is 2. The molecule has 3 aromatic rings. The molecule has 4 rings (SSSR count). The van der Waals surface area contributed by atoms with E-state index >= 15 is 0 Å². The first-order valence-corrected chi connectivity index (χ1v) is 9.64. The Morgan fingerprint density at radius 2 is 1.55 bits per heavy atom. The van der Waals surface area contributed by atoms with Gasteiger partial charge in [0.05, 0.1) is 6.10 Å². The van der Waals surface area contributed by atoms with E-state index < -0.39 is 81.8 Å². The molecule has 8 N–H and O–H groups in total. The molecule has 33 heavy (non-hydrogen) atoms. The van der Waals surface area contributed by atoms with Crippen LogP contribution in [-0.2, 0) is 4.74 Å². The minimum Gasteiger partial charge on any atom is -0.508 e. The molecule has 0 spiro atoms. The smallest absolute Gasteiger partial charge is 0.238 e. The second-order valence-electron chi connectivity index (χ2n) is 7.59. The fourth-order valence-electron chi connectivity index (χ4n) is 3.52. The second-order valence-corrected chi connectivity index (χ2v) is 7.59. The van der Waals surface area contributed by atoms with Crippen LogP contribution < -0.4 is 10.2 Å². The van der Waals surface area contributed by atoms with Crippen LogP contribution in [0.5, 0.6) is 34.5 Å². The largest absolute Gasteiger partial charge is 0.508 e. The fraction of sp³-hybridized carbons (Fsp3) is 0.286. The van der Waals surface area contributed by atoms with Crippen LogP contribution in [0.1, 0.15) is 6.92 Å². The van der Waals surface area contributed by atoms with Crippen LogP contribution in [0.2, 0.25) is 0 Å². The minimum atomic E-state index is -1.72. The van der Waals surface area contributed by atoms with E-state index in [1.165, 1.54) is 6.92 Å². The summed E-state index contributed by atoms with van der Waals surface area (Å²) in [4.78, 5) is 12.6. The number of aliphatic hydroxyl groups is 3. The van der Waals surface area contributed by atoms with Crippen molar-refractivity contribution in [1.29, 1.82) is 0 Å². The third kappa shape index (κ3) is 3.74. The number of fused-ring (bicyclic) bond motifs is 1. The van der Waals surface area contributed by atoms with E-state index in [9.17, 15) is 45.6 Å². The summed E-state index contributed by atoms with van der Waals surface area (Å²) in [6.07, 6.45) is -7.26. The van der Waals surface area contributed by atoms with Gasteiger partial charge in [-0.1, -0.05) is 0 Å². The highest BCUT2D eigenvalue weighted by Gasteiger charge is 2.43. The molecule has 1 fully saturated rings. The van der Waals surface area contributed by atoms with E-state index in [1.807, 2.05) is 0 Å². The molecule has 2 heterocycles. The maximum absolute atomic E-state index is 12.6. The van der Waals surface area contributed by atoms with Crippen LogP contribution in [0.25, 0.3) is 22.3 Å². The SMILES string of the molecule is C[C@@H]1O[C@@H](Oc2cc(-c3oc4cc(O)cc(O)c4c(=O)c3O)cc(O)c2O)[C@@H](O)[C@H](O)[C@H]1O. The molecule has 1 saturated heterocycles. The van der Waals surface area contributed by atoms with Gasteiger partial charge in [-0.25, -0.2) is 0 Å². The number of phenolic OH excluding ortho intramolecular Hbond substituents is 4. The van der Waals surface area contributed by atoms with Crippen LogP contribution in [-0.4, -0.2) is 71.6 Å². The van der Waals surface area contributed by atoms with Gasteiger partial charge in [0.15, 0.2) is 17.3 Å². The summed E-state index contributed by atoms with van der Waals surface area (Å²) in [6, 6.07) is 3.89. The third-order valence-corrected chi connectivity index (χ3v) is 5.30. The van der Waals surface area contributed by atoms with Crippen molar-refractivity contribution >= 4 is 11.0 Å². The Hall–Kier alpha value is -3.71. The predicted molar refractivity (Wildman–Crippen MR) is 109 cm³/mol. The van der Waals surface area contributed by atoms with E-state index in [0.717, 1.165) is 24.3 Å². The Morgan fingerprint density at radius 3 is 2.24 bits per heavy atom. The molecule has 0 saturated carbocycles. The Balaban J connectivity index is 1.81. The highest BCUT2D eigenvalue weighted by atomic mass is 16.7. The summed E-state index contributed by atoms with van der Waals surface area (Å²) in [5, 5.41) is 79.7. The van der Waals surface area contributed by atoms with Crippen LogP contribution >= 0.6 is 0 Å². The van der Waals surface area contributed by atoms with Crippen molar-refractivity contribution in [2.45, 2.75) is 37.6 Å². The maximum atomic E-state index is 12.6. The second kappa shape index (κ2) is 8.01. The van der Waals surface area contributed by atoms with Gasteiger partial charge in [-0.3, -0.25) is 4.79 Å². The van der Waals surface area contributed by atoms with Gasteiger partial charge >= 0.3 is 0 Å². The predicted octanol–water partition coefficient (Wildman–Crippen LogP) is 0.194. The standard InChI is InChI=1S/C21H20O12/c1-6-14(25)17(28)19(30)21(31-6)33-12-3-7(2-10(24)15(12)26)20-18(29)16(27)13-9(23)4-8(22)5-11(13)32-20/h2-6,14,17,19,21-26,28-30H,1H3/t6-,14-,17+,19-,21-/m0/s1. The van der Waals surface area contributed by atoms with E-state index in [0.29, 0.717) is 0 Å². The maximum Gasteiger partial charge on any atom is 0.238 e. The minimum absolute atomic E-state index is 0.168. The average Bonchev–Trinajstić information content (AvgIpc) is 2.75. The van der Waals surface area contributed by atoms with E-state index in [4.69, 9.17) is 13.9 Å². The van der Waals surface area contributed by atoms with Crippen molar-refractivity contribution in [1.82, 2.24) is 0 Å². The molecule has 0 aliphatic carbocycles. The van der Waals surface area contributed by atoms with Crippen molar-refractivity contribution in [2.24, 2.45) is 0 Å². The number of rotatable bonds is 3. The summed E-state index contributed by atoms with van der Waals surface area (Å²) in [5.41, 5.74) is -1.48. The highest BCUT2D eigenvalue weighted by molar-refractivity contribution is 5.88.